The number of hydrogen-bond donors (Lipinski definition) is 4. The van der Waals surface area contributed by atoms with Crippen molar-refractivity contribution in [2.75, 3.05) is 34.4 Å². The molecule has 0 bridgehead atoms. The van der Waals surface area contributed by atoms with Crippen LogP contribution in [0.15, 0.2) is 30.3 Å². The smallest absolute Gasteiger partial charge is 0.245 e. The predicted molar refractivity (Wildman–Crippen MR) is 195 cm³/mol. The van der Waals surface area contributed by atoms with Crippen molar-refractivity contribution < 1.29 is 33.8 Å². The maximum Gasteiger partial charge on any atom is 0.245 e. The molecule has 1 saturated heterocycles. The Morgan fingerprint density at radius 1 is 1.04 bits per heavy atom. The Hall–Kier alpha value is -3.06. The van der Waals surface area contributed by atoms with Gasteiger partial charge in [0, 0.05) is 40.3 Å². The van der Waals surface area contributed by atoms with E-state index in [2.05, 4.69) is 24.5 Å². The lowest BCUT2D eigenvalue weighted by molar-refractivity contribution is -0.144. The zero-order valence-electron chi connectivity index (χ0n) is 32.3. The van der Waals surface area contributed by atoms with Crippen molar-refractivity contribution in [3.63, 3.8) is 0 Å². The molecule has 1 heterocycles. The van der Waals surface area contributed by atoms with Gasteiger partial charge in [-0.1, -0.05) is 71.4 Å². The van der Waals surface area contributed by atoms with Gasteiger partial charge in [0.1, 0.15) is 6.04 Å². The van der Waals surface area contributed by atoms with E-state index in [4.69, 9.17) is 15.2 Å². The minimum atomic E-state index is -1.13. The highest BCUT2D eigenvalue weighted by molar-refractivity contribution is 5.91. The number of nitrogens with two attached hydrogens (primary N) is 1. The van der Waals surface area contributed by atoms with Crippen LogP contribution in [0, 0.1) is 23.7 Å². The Kier molecular flexibility index (Phi) is 16.8. The maximum absolute atomic E-state index is 14.0. The normalized spacial score (nSPS) is 19.9. The molecule has 1 aromatic carbocycles. The van der Waals surface area contributed by atoms with Gasteiger partial charge in [-0.2, -0.15) is 0 Å². The number of hydrogen-bond acceptors (Lipinski definition) is 8. The van der Waals surface area contributed by atoms with Crippen LogP contribution in [0.5, 0.6) is 0 Å². The Balaban J connectivity index is 2.18. The zero-order valence-corrected chi connectivity index (χ0v) is 32.3. The van der Waals surface area contributed by atoms with Gasteiger partial charge in [-0.05, 0) is 51.0 Å². The summed E-state index contributed by atoms with van der Waals surface area (Å²) < 4.78 is 11.9. The molecule has 0 radical (unpaired) electrons. The highest BCUT2D eigenvalue weighted by atomic mass is 16.5. The second-order valence-electron chi connectivity index (χ2n) is 15.1. The molecule has 1 aromatic rings. The van der Waals surface area contributed by atoms with Crippen LogP contribution < -0.4 is 16.4 Å². The Morgan fingerprint density at radius 2 is 1.66 bits per heavy atom. The molecular weight excluding hydrogens is 638 g/mol. The van der Waals surface area contributed by atoms with E-state index in [9.17, 15) is 24.3 Å². The van der Waals surface area contributed by atoms with Gasteiger partial charge in [0.2, 0.25) is 23.6 Å². The summed E-state index contributed by atoms with van der Waals surface area (Å²) in [6.45, 7) is 15.5. The fraction of sp³-hybridized carbons (Fsp3) is 0.737. The Morgan fingerprint density at radius 3 is 2.18 bits per heavy atom. The molecular formula is C38H65N5O7. The topological polar surface area (TPSA) is 164 Å². The summed E-state index contributed by atoms with van der Waals surface area (Å²) in [5.41, 5.74) is 5.57. The third-order valence-corrected chi connectivity index (χ3v) is 10.4. The molecule has 0 saturated carbocycles. The summed E-state index contributed by atoms with van der Waals surface area (Å²) in [5, 5.41) is 16.6. The maximum atomic E-state index is 14.0. The number of ether oxygens (including phenoxy) is 2. The molecule has 1 aliphatic heterocycles. The number of methoxy groups -OCH3 is 2. The summed E-state index contributed by atoms with van der Waals surface area (Å²) in [6.07, 6.45) is 0.478. The van der Waals surface area contributed by atoms with Crippen molar-refractivity contribution in [3.8, 4) is 0 Å². The van der Waals surface area contributed by atoms with Gasteiger partial charge in [-0.25, -0.2) is 0 Å². The van der Waals surface area contributed by atoms with Crippen LogP contribution in [0.25, 0.3) is 0 Å². The first-order valence-electron chi connectivity index (χ1n) is 18.1. The number of nitrogens with one attached hydrogen (secondary N) is 2. The van der Waals surface area contributed by atoms with Crippen LogP contribution in [0.3, 0.4) is 0 Å². The van der Waals surface area contributed by atoms with Crippen molar-refractivity contribution in [1.29, 1.82) is 0 Å². The van der Waals surface area contributed by atoms with E-state index in [1.54, 1.807) is 53.9 Å². The lowest BCUT2D eigenvalue weighted by Gasteiger charge is -2.38. The van der Waals surface area contributed by atoms with E-state index in [1.165, 1.54) is 0 Å². The SMILES string of the molecule is CC[C@H](C)C(CN(C)C(=O)[C@@H](NC(=O)C(C)(C)N)C(C)C)[C@@H](CC(=O)N1CCC[C@H]1[C@H](OC)[C@@H](C)C(=O)N[C@H](C)[C@@H](O)c1ccccc1)OC. The molecule has 12 heteroatoms. The number of rotatable bonds is 19. The summed E-state index contributed by atoms with van der Waals surface area (Å²) >= 11 is 0. The number of amides is 4. The molecule has 12 nitrogen and oxygen atoms in total. The molecule has 50 heavy (non-hydrogen) atoms. The number of benzene rings is 1. The highest BCUT2D eigenvalue weighted by Crippen LogP contribution is 2.30. The van der Waals surface area contributed by atoms with Gasteiger partial charge in [0.15, 0.2) is 0 Å². The van der Waals surface area contributed by atoms with E-state index >= 15 is 0 Å². The first-order valence-corrected chi connectivity index (χ1v) is 18.1. The molecule has 0 aromatic heterocycles. The molecule has 2 rings (SSSR count). The van der Waals surface area contributed by atoms with Gasteiger partial charge in [-0.3, -0.25) is 19.2 Å². The van der Waals surface area contributed by atoms with E-state index in [1.807, 2.05) is 49.1 Å². The first kappa shape index (κ1) is 43.1. The second kappa shape index (κ2) is 19.5. The van der Waals surface area contributed by atoms with E-state index in [-0.39, 0.29) is 47.9 Å². The van der Waals surface area contributed by atoms with Crippen molar-refractivity contribution >= 4 is 23.6 Å². The van der Waals surface area contributed by atoms with Crippen LogP contribution in [0.4, 0.5) is 0 Å². The quantitative estimate of drug-likeness (QED) is 0.171. The molecule has 5 N–H and O–H groups in total. The molecule has 1 aliphatic rings. The standard InChI is InChI=1S/C38H65N5O7/c1-12-24(4)28(22-42(9)36(47)32(23(2)3)41-37(48)38(7,8)39)30(49-10)21-31(44)43-20-16-19-29(43)34(50-11)25(5)35(46)40-26(6)33(45)27-17-14-13-15-18-27/h13-15,17-18,23-26,28-30,32-34,45H,12,16,19-22,39H2,1-11H3,(H,40,46)(H,41,48)/t24-,25+,26+,28?,29-,30+,32-,33+,34+/m0/s1. The van der Waals surface area contributed by atoms with E-state index < -0.39 is 47.8 Å². The van der Waals surface area contributed by atoms with Gasteiger partial charge in [0.05, 0.1) is 48.3 Å². The Labute approximate surface area is 300 Å². The number of likely N-dealkylation sites (N-methyl/N-ethyl adjacent to an activating group) is 1. The van der Waals surface area contributed by atoms with Crippen molar-refractivity contribution in [3.05, 3.63) is 35.9 Å². The van der Waals surface area contributed by atoms with Crippen LogP contribution in [0.2, 0.25) is 0 Å². The van der Waals surface area contributed by atoms with Crippen LogP contribution in [-0.4, -0.2) is 109 Å². The molecule has 1 unspecified atom stereocenters. The number of aliphatic hydroxyl groups excluding tert-OH is 1. The molecule has 284 valence electrons. The number of aliphatic hydroxyl groups is 1. The minimum absolute atomic E-state index is 0.0957. The lowest BCUT2D eigenvalue weighted by atomic mass is 9.84. The fourth-order valence-electron chi connectivity index (χ4n) is 6.81. The lowest BCUT2D eigenvalue weighted by Crippen LogP contribution is -2.58. The zero-order chi connectivity index (χ0) is 37.9. The largest absolute Gasteiger partial charge is 0.386 e. The van der Waals surface area contributed by atoms with Crippen molar-refractivity contribution in [2.24, 2.45) is 29.4 Å². The fourth-order valence-corrected chi connectivity index (χ4v) is 6.81. The second-order valence-corrected chi connectivity index (χ2v) is 15.1. The number of carbonyl (C=O) groups is 4. The van der Waals surface area contributed by atoms with E-state index in [0.717, 1.165) is 12.8 Å². The summed E-state index contributed by atoms with van der Waals surface area (Å²) in [4.78, 5) is 57.2. The third-order valence-electron chi connectivity index (χ3n) is 10.4. The van der Waals surface area contributed by atoms with Gasteiger partial charge < -0.3 is 40.7 Å². The summed E-state index contributed by atoms with van der Waals surface area (Å²) in [6, 6.07) is 7.59. The van der Waals surface area contributed by atoms with Gasteiger partial charge in [-0.15, -0.1) is 0 Å². The minimum Gasteiger partial charge on any atom is -0.386 e. The molecule has 4 amide bonds. The Bertz CT molecular complexity index is 1240. The van der Waals surface area contributed by atoms with Crippen molar-refractivity contribution in [2.45, 2.75) is 123 Å². The van der Waals surface area contributed by atoms with Crippen LogP contribution in [-0.2, 0) is 28.7 Å². The average Bonchev–Trinajstić information content (AvgIpc) is 3.57. The van der Waals surface area contributed by atoms with Gasteiger partial charge >= 0.3 is 0 Å². The molecule has 1 fully saturated rings. The summed E-state index contributed by atoms with van der Waals surface area (Å²) in [5.74, 6) is -1.79. The number of likely N-dealkylation sites (tertiary alicyclic amines) is 1. The van der Waals surface area contributed by atoms with Gasteiger partial charge in [0.25, 0.3) is 0 Å². The van der Waals surface area contributed by atoms with Crippen LogP contribution >= 0.6 is 0 Å². The highest BCUT2D eigenvalue weighted by Gasteiger charge is 2.42. The first-order chi connectivity index (χ1) is 23.4. The van der Waals surface area contributed by atoms with Crippen molar-refractivity contribution in [1.82, 2.24) is 20.4 Å². The third kappa shape index (κ3) is 11.5. The number of nitrogens with zero attached hydrogens (tertiary/aromatic N) is 2. The summed E-state index contributed by atoms with van der Waals surface area (Å²) in [7, 11) is 4.86. The molecule has 0 spiro atoms. The molecule has 9 atom stereocenters. The van der Waals surface area contributed by atoms with E-state index in [0.29, 0.717) is 25.1 Å². The monoisotopic (exact) mass is 703 g/mol. The average molecular weight is 704 g/mol. The predicted octanol–water partition coefficient (Wildman–Crippen LogP) is 3.27. The van der Waals surface area contributed by atoms with Crippen LogP contribution in [0.1, 0.15) is 92.7 Å². The number of carbonyl (C=O) groups excluding carboxylic acids is 4. The molecule has 0 aliphatic carbocycles.